The van der Waals surface area contributed by atoms with Crippen molar-refractivity contribution in [2.45, 2.75) is 25.9 Å². The van der Waals surface area contributed by atoms with Gasteiger partial charge in [-0.2, -0.15) is 0 Å². The number of β-amino-alcohol motifs (C(OH)–C–C–N with tert-alkyl or cyclic N) is 1. The van der Waals surface area contributed by atoms with Crippen LogP contribution in [0.4, 0.5) is 0 Å². The van der Waals surface area contributed by atoms with Crippen LogP contribution < -0.4 is 4.74 Å². The van der Waals surface area contributed by atoms with Gasteiger partial charge in [0, 0.05) is 37.3 Å². The molecule has 1 fully saturated rings. The first-order chi connectivity index (χ1) is 10.1. The Morgan fingerprint density at radius 1 is 1.33 bits per heavy atom. The highest BCUT2D eigenvalue weighted by Gasteiger charge is 2.31. The number of hydrogen-bond acceptors (Lipinski definition) is 4. The molecule has 0 bridgehead atoms. The standard InChI is InChI=1S/C16H24N2O3/c1-12-10-17(11-13(2)18(12)7-8-19)16(20)14-5-4-6-15(9-14)21-3/h4-6,9,12-13,19H,7-8,10-11H2,1-3H3/t12-,13+. The molecule has 1 heterocycles. The van der Waals surface area contributed by atoms with Crippen LogP contribution in [-0.2, 0) is 0 Å². The molecule has 1 aliphatic rings. The normalized spacial score (nSPS) is 23.1. The Balaban J connectivity index is 2.10. The molecule has 0 spiro atoms. The first-order valence-electron chi connectivity index (χ1n) is 7.36. The summed E-state index contributed by atoms with van der Waals surface area (Å²) in [5.41, 5.74) is 0.657. The van der Waals surface area contributed by atoms with Crippen molar-refractivity contribution in [3.05, 3.63) is 29.8 Å². The molecular formula is C16H24N2O3. The van der Waals surface area contributed by atoms with Gasteiger partial charge >= 0.3 is 0 Å². The number of ether oxygens (including phenoxy) is 1. The van der Waals surface area contributed by atoms with E-state index in [0.29, 0.717) is 30.9 Å². The number of aliphatic hydroxyl groups excluding tert-OH is 1. The molecule has 0 saturated carbocycles. The Hall–Kier alpha value is -1.59. The maximum absolute atomic E-state index is 12.6. The van der Waals surface area contributed by atoms with Crippen molar-refractivity contribution in [1.82, 2.24) is 9.80 Å². The molecule has 2 rings (SSSR count). The van der Waals surface area contributed by atoms with Crippen molar-refractivity contribution in [3.63, 3.8) is 0 Å². The van der Waals surface area contributed by atoms with E-state index in [1.807, 2.05) is 23.1 Å². The summed E-state index contributed by atoms with van der Waals surface area (Å²) in [5, 5.41) is 9.13. The molecule has 0 unspecified atom stereocenters. The van der Waals surface area contributed by atoms with E-state index in [4.69, 9.17) is 9.84 Å². The minimum Gasteiger partial charge on any atom is -0.497 e. The van der Waals surface area contributed by atoms with Gasteiger partial charge in [-0.25, -0.2) is 0 Å². The average molecular weight is 292 g/mol. The Labute approximate surface area is 126 Å². The van der Waals surface area contributed by atoms with Crippen LogP contribution in [-0.4, -0.2) is 66.2 Å². The highest BCUT2D eigenvalue weighted by Crippen LogP contribution is 2.19. The third-order valence-corrected chi connectivity index (χ3v) is 4.06. The average Bonchev–Trinajstić information content (AvgIpc) is 2.50. The largest absolute Gasteiger partial charge is 0.497 e. The molecule has 5 heteroatoms. The van der Waals surface area contributed by atoms with Crippen LogP contribution in [0.1, 0.15) is 24.2 Å². The van der Waals surface area contributed by atoms with E-state index in [9.17, 15) is 4.79 Å². The number of benzene rings is 1. The summed E-state index contributed by atoms with van der Waals surface area (Å²) in [6.45, 7) is 6.36. The van der Waals surface area contributed by atoms with Crippen molar-refractivity contribution < 1.29 is 14.6 Å². The predicted octanol–water partition coefficient (Wildman–Crippen LogP) is 1.22. The lowest BCUT2D eigenvalue weighted by Gasteiger charge is -2.44. The van der Waals surface area contributed by atoms with Crippen molar-refractivity contribution in [1.29, 1.82) is 0 Å². The first-order valence-corrected chi connectivity index (χ1v) is 7.36. The summed E-state index contributed by atoms with van der Waals surface area (Å²) in [5.74, 6) is 0.733. The molecule has 116 valence electrons. The van der Waals surface area contributed by atoms with Gasteiger partial charge in [-0.1, -0.05) is 6.07 Å². The fourth-order valence-electron chi connectivity index (χ4n) is 3.02. The van der Waals surface area contributed by atoms with Gasteiger partial charge in [0.1, 0.15) is 5.75 Å². The monoisotopic (exact) mass is 292 g/mol. The Morgan fingerprint density at radius 2 is 2.00 bits per heavy atom. The maximum atomic E-state index is 12.6. The molecule has 0 aliphatic carbocycles. The quantitative estimate of drug-likeness (QED) is 0.906. The second-order valence-electron chi connectivity index (χ2n) is 5.60. The third-order valence-electron chi connectivity index (χ3n) is 4.06. The summed E-state index contributed by atoms with van der Waals surface area (Å²) >= 11 is 0. The summed E-state index contributed by atoms with van der Waals surface area (Å²) in [6, 6.07) is 7.76. The minimum atomic E-state index is 0.0382. The molecular weight excluding hydrogens is 268 g/mol. The maximum Gasteiger partial charge on any atom is 0.254 e. The zero-order chi connectivity index (χ0) is 15.4. The number of rotatable bonds is 4. The summed E-state index contributed by atoms with van der Waals surface area (Å²) in [6.07, 6.45) is 0. The number of aliphatic hydroxyl groups is 1. The van der Waals surface area contributed by atoms with Crippen LogP contribution in [0.2, 0.25) is 0 Å². The molecule has 0 aromatic heterocycles. The van der Waals surface area contributed by atoms with Gasteiger partial charge in [0.15, 0.2) is 0 Å². The Morgan fingerprint density at radius 3 is 2.57 bits per heavy atom. The number of amides is 1. The number of piperazine rings is 1. The van der Waals surface area contributed by atoms with Crippen LogP contribution in [0.3, 0.4) is 0 Å². The van der Waals surface area contributed by atoms with Crippen LogP contribution in [0.15, 0.2) is 24.3 Å². The van der Waals surface area contributed by atoms with E-state index < -0.39 is 0 Å². The molecule has 2 atom stereocenters. The van der Waals surface area contributed by atoms with Crippen molar-refractivity contribution in [2.75, 3.05) is 33.4 Å². The van der Waals surface area contributed by atoms with Crippen LogP contribution in [0.5, 0.6) is 5.75 Å². The number of nitrogens with zero attached hydrogens (tertiary/aromatic N) is 2. The summed E-state index contributed by atoms with van der Waals surface area (Å²) < 4.78 is 5.18. The zero-order valence-electron chi connectivity index (χ0n) is 13.0. The van der Waals surface area contributed by atoms with E-state index >= 15 is 0 Å². The van der Waals surface area contributed by atoms with Crippen molar-refractivity contribution in [3.8, 4) is 5.75 Å². The lowest BCUT2D eigenvalue weighted by Crippen LogP contribution is -2.58. The second-order valence-corrected chi connectivity index (χ2v) is 5.60. The molecule has 1 saturated heterocycles. The van der Waals surface area contributed by atoms with E-state index in [2.05, 4.69) is 18.7 Å². The molecule has 21 heavy (non-hydrogen) atoms. The Kier molecular flexibility index (Phi) is 5.20. The predicted molar refractivity (Wildman–Crippen MR) is 81.6 cm³/mol. The van der Waals surface area contributed by atoms with Crippen molar-refractivity contribution >= 4 is 5.91 Å². The van der Waals surface area contributed by atoms with Gasteiger partial charge in [0.05, 0.1) is 13.7 Å². The summed E-state index contributed by atoms with van der Waals surface area (Å²) in [4.78, 5) is 16.8. The van der Waals surface area contributed by atoms with E-state index in [-0.39, 0.29) is 24.6 Å². The SMILES string of the molecule is COc1cccc(C(=O)N2C[C@@H](C)N(CCO)[C@@H](C)C2)c1. The highest BCUT2D eigenvalue weighted by atomic mass is 16.5. The van der Waals surface area contributed by atoms with Gasteiger partial charge in [0.2, 0.25) is 0 Å². The van der Waals surface area contributed by atoms with Gasteiger partial charge in [-0.3, -0.25) is 9.69 Å². The highest BCUT2D eigenvalue weighted by molar-refractivity contribution is 5.94. The van der Waals surface area contributed by atoms with Crippen LogP contribution >= 0.6 is 0 Å². The van der Waals surface area contributed by atoms with Gasteiger partial charge in [-0.05, 0) is 32.0 Å². The van der Waals surface area contributed by atoms with E-state index in [1.54, 1.807) is 13.2 Å². The van der Waals surface area contributed by atoms with E-state index in [1.165, 1.54) is 0 Å². The molecule has 1 amide bonds. The van der Waals surface area contributed by atoms with E-state index in [0.717, 1.165) is 0 Å². The number of carbonyl (C=O) groups excluding carboxylic acids is 1. The minimum absolute atomic E-state index is 0.0382. The number of carbonyl (C=O) groups is 1. The number of hydrogen-bond donors (Lipinski definition) is 1. The zero-order valence-corrected chi connectivity index (χ0v) is 13.0. The fraction of sp³-hybridized carbons (Fsp3) is 0.562. The van der Waals surface area contributed by atoms with Gasteiger partial charge in [-0.15, -0.1) is 0 Å². The molecule has 1 N–H and O–H groups in total. The van der Waals surface area contributed by atoms with Crippen LogP contribution in [0.25, 0.3) is 0 Å². The fourth-order valence-corrected chi connectivity index (χ4v) is 3.02. The molecule has 5 nitrogen and oxygen atoms in total. The third kappa shape index (κ3) is 3.54. The van der Waals surface area contributed by atoms with Crippen molar-refractivity contribution in [2.24, 2.45) is 0 Å². The molecule has 1 aromatic carbocycles. The smallest absolute Gasteiger partial charge is 0.254 e. The Bertz CT molecular complexity index is 480. The molecule has 1 aliphatic heterocycles. The lowest BCUT2D eigenvalue weighted by molar-refractivity contribution is 0.0236. The lowest BCUT2D eigenvalue weighted by atomic mass is 10.1. The van der Waals surface area contributed by atoms with Crippen LogP contribution in [0, 0.1) is 0 Å². The molecule has 1 aromatic rings. The van der Waals surface area contributed by atoms with Gasteiger partial charge in [0.25, 0.3) is 5.91 Å². The number of methoxy groups -OCH3 is 1. The van der Waals surface area contributed by atoms with Gasteiger partial charge < -0.3 is 14.7 Å². The summed E-state index contributed by atoms with van der Waals surface area (Å²) in [7, 11) is 1.60. The topological polar surface area (TPSA) is 53.0 Å². The molecule has 0 radical (unpaired) electrons. The second kappa shape index (κ2) is 6.91. The first kappa shape index (κ1) is 15.8.